The van der Waals surface area contributed by atoms with Crippen LogP contribution in [-0.2, 0) is 4.79 Å². The first-order valence-electron chi connectivity index (χ1n) is 9.14. The molecule has 1 saturated carbocycles. The van der Waals surface area contributed by atoms with Crippen molar-refractivity contribution in [2.24, 2.45) is 0 Å². The largest absolute Gasteiger partial charge is 0.481 e. The van der Waals surface area contributed by atoms with E-state index in [2.05, 4.69) is 31.3 Å². The van der Waals surface area contributed by atoms with Gasteiger partial charge in [-0.3, -0.25) is 4.79 Å². The SMILES string of the molecule is Cc1ccc(C(C)C)c(OC(C)C(=O)NCCSC2CCCC2)c1. The molecule has 1 aromatic carbocycles. The number of hydrogen-bond donors (Lipinski definition) is 1. The summed E-state index contributed by atoms with van der Waals surface area (Å²) in [6.45, 7) is 8.87. The van der Waals surface area contributed by atoms with Gasteiger partial charge in [0.15, 0.2) is 6.10 Å². The van der Waals surface area contributed by atoms with E-state index >= 15 is 0 Å². The van der Waals surface area contributed by atoms with Crippen LogP contribution in [0.2, 0.25) is 0 Å². The Morgan fingerprint density at radius 1 is 1.29 bits per heavy atom. The Hall–Kier alpha value is -1.16. The molecule has 1 atom stereocenters. The van der Waals surface area contributed by atoms with E-state index in [0.717, 1.165) is 34.4 Å². The molecule has 0 spiro atoms. The molecule has 1 unspecified atom stereocenters. The predicted molar refractivity (Wildman–Crippen MR) is 103 cm³/mol. The van der Waals surface area contributed by atoms with E-state index in [1.54, 1.807) is 0 Å². The summed E-state index contributed by atoms with van der Waals surface area (Å²) < 4.78 is 5.96. The summed E-state index contributed by atoms with van der Waals surface area (Å²) in [6, 6.07) is 6.21. The van der Waals surface area contributed by atoms with E-state index in [0.29, 0.717) is 5.92 Å². The molecule has 4 heteroatoms. The maximum Gasteiger partial charge on any atom is 0.260 e. The fraction of sp³-hybridized carbons (Fsp3) is 0.650. The number of benzene rings is 1. The highest BCUT2D eigenvalue weighted by atomic mass is 32.2. The summed E-state index contributed by atoms with van der Waals surface area (Å²) in [5.41, 5.74) is 2.30. The van der Waals surface area contributed by atoms with Gasteiger partial charge in [-0.25, -0.2) is 0 Å². The van der Waals surface area contributed by atoms with Gasteiger partial charge in [-0.1, -0.05) is 38.8 Å². The molecule has 1 aliphatic rings. The zero-order chi connectivity index (χ0) is 17.5. The van der Waals surface area contributed by atoms with Crippen LogP contribution in [0.3, 0.4) is 0 Å². The minimum atomic E-state index is -0.471. The fourth-order valence-electron chi connectivity index (χ4n) is 3.06. The third-order valence-electron chi connectivity index (χ3n) is 4.52. The van der Waals surface area contributed by atoms with Crippen molar-refractivity contribution in [1.29, 1.82) is 0 Å². The molecular weight excluding hydrogens is 318 g/mol. The molecule has 1 amide bonds. The maximum atomic E-state index is 12.3. The number of hydrogen-bond acceptors (Lipinski definition) is 3. The van der Waals surface area contributed by atoms with E-state index < -0.39 is 6.10 Å². The van der Waals surface area contributed by atoms with Gasteiger partial charge in [-0.15, -0.1) is 0 Å². The van der Waals surface area contributed by atoms with Gasteiger partial charge in [0.1, 0.15) is 5.75 Å². The number of ether oxygens (including phenoxy) is 1. The second-order valence-electron chi connectivity index (χ2n) is 7.02. The number of carbonyl (C=O) groups is 1. The minimum Gasteiger partial charge on any atom is -0.481 e. The molecular formula is C20H31NO2S. The van der Waals surface area contributed by atoms with Crippen LogP contribution in [0, 0.1) is 6.92 Å². The van der Waals surface area contributed by atoms with Crippen LogP contribution < -0.4 is 10.1 Å². The number of rotatable bonds is 8. The Kier molecular flexibility index (Phi) is 7.47. The van der Waals surface area contributed by atoms with Crippen molar-refractivity contribution >= 4 is 17.7 Å². The van der Waals surface area contributed by atoms with Gasteiger partial charge in [-0.05, 0) is 49.8 Å². The molecule has 0 radical (unpaired) electrons. The number of aryl methyl sites for hydroxylation is 1. The third-order valence-corrected chi connectivity index (χ3v) is 5.90. The molecule has 3 nitrogen and oxygen atoms in total. The fourth-order valence-corrected chi connectivity index (χ4v) is 4.28. The normalized spacial score (nSPS) is 16.4. The van der Waals surface area contributed by atoms with Gasteiger partial charge < -0.3 is 10.1 Å². The van der Waals surface area contributed by atoms with Crippen LogP contribution in [0.15, 0.2) is 18.2 Å². The van der Waals surface area contributed by atoms with Gasteiger partial charge in [0.25, 0.3) is 5.91 Å². The van der Waals surface area contributed by atoms with Crippen LogP contribution in [0.5, 0.6) is 5.75 Å². The van der Waals surface area contributed by atoms with E-state index in [4.69, 9.17) is 4.74 Å². The molecule has 24 heavy (non-hydrogen) atoms. The van der Waals surface area contributed by atoms with Crippen molar-refractivity contribution in [1.82, 2.24) is 5.32 Å². The topological polar surface area (TPSA) is 38.3 Å². The Balaban J connectivity index is 1.79. The van der Waals surface area contributed by atoms with Crippen molar-refractivity contribution < 1.29 is 9.53 Å². The summed E-state index contributed by atoms with van der Waals surface area (Å²) in [4.78, 5) is 12.3. The molecule has 1 N–H and O–H groups in total. The Labute approximate surface area is 150 Å². The zero-order valence-electron chi connectivity index (χ0n) is 15.4. The highest BCUT2D eigenvalue weighted by Crippen LogP contribution is 2.29. The van der Waals surface area contributed by atoms with Crippen LogP contribution >= 0.6 is 11.8 Å². The molecule has 2 rings (SSSR count). The number of carbonyl (C=O) groups excluding carboxylic acids is 1. The summed E-state index contributed by atoms with van der Waals surface area (Å²) >= 11 is 1.99. The summed E-state index contributed by atoms with van der Waals surface area (Å²) in [5.74, 6) is 2.16. The van der Waals surface area contributed by atoms with Gasteiger partial charge in [-0.2, -0.15) is 11.8 Å². The van der Waals surface area contributed by atoms with Crippen molar-refractivity contribution in [3.05, 3.63) is 29.3 Å². The molecule has 134 valence electrons. The Morgan fingerprint density at radius 2 is 2.00 bits per heavy atom. The Bertz CT molecular complexity index is 538. The van der Waals surface area contributed by atoms with Crippen LogP contribution in [0.1, 0.15) is 63.5 Å². The molecule has 1 aliphatic carbocycles. The first-order valence-corrected chi connectivity index (χ1v) is 10.2. The maximum absolute atomic E-state index is 12.3. The molecule has 0 aromatic heterocycles. The second kappa shape index (κ2) is 9.36. The molecule has 1 aromatic rings. The zero-order valence-corrected chi connectivity index (χ0v) is 16.2. The second-order valence-corrected chi connectivity index (χ2v) is 8.43. The average Bonchev–Trinajstić information content (AvgIpc) is 3.04. The first kappa shape index (κ1) is 19.2. The monoisotopic (exact) mass is 349 g/mol. The van der Waals surface area contributed by atoms with Gasteiger partial charge in [0.2, 0.25) is 0 Å². The standard InChI is InChI=1S/C20H31NO2S/c1-14(2)18-10-9-15(3)13-19(18)23-16(4)20(22)21-11-12-24-17-7-5-6-8-17/h9-10,13-14,16-17H,5-8,11-12H2,1-4H3,(H,21,22). The molecule has 0 saturated heterocycles. The van der Waals surface area contributed by atoms with E-state index in [1.807, 2.05) is 31.7 Å². The summed E-state index contributed by atoms with van der Waals surface area (Å²) in [5, 5.41) is 3.81. The Morgan fingerprint density at radius 3 is 2.67 bits per heavy atom. The summed E-state index contributed by atoms with van der Waals surface area (Å²) in [7, 11) is 0. The van der Waals surface area contributed by atoms with Crippen LogP contribution in [-0.4, -0.2) is 29.6 Å². The highest BCUT2D eigenvalue weighted by Gasteiger charge is 2.18. The average molecular weight is 350 g/mol. The van der Waals surface area contributed by atoms with Crippen LogP contribution in [0.4, 0.5) is 0 Å². The van der Waals surface area contributed by atoms with Crippen molar-refractivity contribution in [2.75, 3.05) is 12.3 Å². The molecule has 1 fully saturated rings. The van der Waals surface area contributed by atoms with Crippen LogP contribution in [0.25, 0.3) is 0 Å². The quantitative estimate of drug-likeness (QED) is 0.693. The lowest BCUT2D eigenvalue weighted by Gasteiger charge is -2.19. The smallest absolute Gasteiger partial charge is 0.260 e. The minimum absolute atomic E-state index is 0.0294. The summed E-state index contributed by atoms with van der Waals surface area (Å²) in [6.07, 6.45) is 4.93. The lowest BCUT2D eigenvalue weighted by molar-refractivity contribution is -0.127. The molecule has 0 heterocycles. The third kappa shape index (κ3) is 5.73. The van der Waals surface area contributed by atoms with E-state index in [9.17, 15) is 4.79 Å². The van der Waals surface area contributed by atoms with Crippen molar-refractivity contribution in [3.63, 3.8) is 0 Å². The molecule has 0 bridgehead atoms. The number of nitrogens with one attached hydrogen (secondary N) is 1. The lowest BCUT2D eigenvalue weighted by atomic mass is 10.0. The van der Waals surface area contributed by atoms with E-state index in [1.165, 1.54) is 25.7 Å². The van der Waals surface area contributed by atoms with Crippen molar-refractivity contribution in [3.8, 4) is 5.75 Å². The number of thioether (sulfide) groups is 1. The number of amides is 1. The van der Waals surface area contributed by atoms with Gasteiger partial charge in [0, 0.05) is 17.5 Å². The lowest BCUT2D eigenvalue weighted by Crippen LogP contribution is -2.37. The highest BCUT2D eigenvalue weighted by molar-refractivity contribution is 7.99. The van der Waals surface area contributed by atoms with Gasteiger partial charge >= 0.3 is 0 Å². The first-order chi connectivity index (χ1) is 11.5. The van der Waals surface area contributed by atoms with Gasteiger partial charge in [0.05, 0.1) is 0 Å². The van der Waals surface area contributed by atoms with E-state index in [-0.39, 0.29) is 5.91 Å². The molecule has 0 aliphatic heterocycles. The van der Waals surface area contributed by atoms with Crippen molar-refractivity contribution in [2.45, 2.75) is 70.7 Å². The predicted octanol–water partition coefficient (Wildman–Crippen LogP) is 4.68.